The Kier molecular flexibility index (Phi) is 4.68. The van der Waals surface area contributed by atoms with Crippen LogP contribution in [0, 0.1) is 17.5 Å². The third kappa shape index (κ3) is 3.27. The number of halogens is 3. The molecular formula is C17H17F3O. The van der Waals surface area contributed by atoms with E-state index in [1.807, 2.05) is 12.1 Å². The Morgan fingerprint density at radius 1 is 0.905 bits per heavy atom. The molecule has 4 heteroatoms. The van der Waals surface area contributed by atoms with Crippen LogP contribution >= 0.6 is 0 Å². The van der Waals surface area contributed by atoms with Gasteiger partial charge in [0.15, 0.2) is 17.5 Å². The fraction of sp³-hybridized carbons (Fsp3) is 0.294. The van der Waals surface area contributed by atoms with E-state index in [1.165, 1.54) is 0 Å². The molecule has 2 rings (SSSR count). The van der Waals surface area contributed by atoms with Crippen molar-refractivity contribution in [2.75, 3.05) is 0 Å². The molecule has 0 saturated carbocycles. The highest BCUT2D eigenvalue weighted by Crippen LogP contribution is 2.27. The van der Waals surface area contributed by atoms with Gasteiger partial charge in [-0.05, 0) is 41.2 Å². The zero-order chi connectivity index (χ0) is 15.6. The molecule has 0 heterocycles. The molecule has 21 heavy (non-hydrogen) atoms. The molecule has 2 aromatic rings. The maximum absolute atomic E-state index is 13.2. The predicted octanol–water partition coefficient (Wildman–Crippen LogP) is 4.70. The van der Waals surface area contributed by atoms with Crippen molar-refractivity contribution in [2.24, 2.45) is 0 Å². The van der Waals surface area contributed by atoms with Gasteiger partial charge in [-0.3, -0.25) is 0 Å². The molecule has 2 unspecified atom stereocenters. The van der Waals surface area contributed by atoms with Crippen molar-refractivity contribution in [2.45, 2.75) is 32.3 Å². The van der Waals surface area contributed by atoms with Gasteiger partial charge >= 0.3 is 0 Å². The van der Waals surface area contributed by atoms with Crippen LogP contribution in [0.2, 0.25) is 0 Å². The lowest BCUT2D eigenvalue weighted by atomic mass is 9.95. The lowest BCUT2D eigenvalue weighted by Crippen LogP contribution is -2.03. The van der Waals surface area contributed by atoms with Gasteiger partial charge in [0.25, 0.3) is 0 Å². The molecule has 1 nitrogen and oxygen atoms in total. The first-order valence-electron chi connectivity index (χ1n) is 6.86. The average Bonchev–Trinajstić information content (AvgIpc) is 2.50. The van der Waals surface area contributed by atoms with Crippen molar-refractivity contribution >= 4 is 0 Å². The summed E-state index contributed by atoms with van der Waals surface area (Å²) >= 11 is 0. The molecule has 0 aliphatic heterocycles. The van der Waals surface area contributed by atoms with Gasteiger partial charge in [0.2, 0.25) is 0 Å². The number of aliphatic hydroxyl groups excluding tert-OH is 1. The Bertz CT molecular complexity index is 599. The fourth-order valence-electron chi connectivity index (χ4n) is 2.17. The van der Waals surface area contributed by atoms with Crippen LogP contribution in [0.4, 0.5) is 13.2 Å². The van der Waals surface area contributed by atoms with Gasteiger partial charge < -0.3 is 5.11 Å². The Hall–Kier alpha value is -1.81. The SMILES string of the molecule is CCC(C)c1ccc(C(O)c2cc(F)c(F)c(F)c2)cc1. The highest BCUT2D eigenvalue weighted by Gasteiger charge is 2.17. The minimum absolute atomic E-state index is 0.0114. The van der Waals surface area contributed by atoms with E-state index >= 15 is 0 Å². The topological polar surface area (TPSA) is 20.2 Å². The van der Waals surface area contributed by atoms with E-state index in [1.54, 1.807) is 12.1 Å². The highest BCUT2D eigenvalue weighted by atomic mass is 19.2. The smallest absolute Gasteiger partial charge is 0.194 e. The molecule has 112 valence electrons. The van der Waals surface area contributed by atoms with E-state index in [4.69, 9.17) is 0 Å². The second-order valence-electron chi connectivity index (χ2n) is 5.18. The molecule has 0 bridgehead atoms. The molecule has 0 aliphatic carbocycles. The first kappa shape index (κ1) is 15.6. The first-order chi connectivity index (χ1) is 9.93. The monoisotopic (exact) mass is 294 g/mol. The van der Waals surface area contributed by atoms with Crippen LogP contribution in [0.3, 0.4) is 0 Å². The second kappa shape index (κ2) is 6.31. The van der Waals surface area contributed by atoms with Crippen molar-refractivity contribution in [3.63, 3.8) is 0 Å². The summed E-state index contributed by atoms with van der Waals surface area (Å²) in [7, 11) is 0. The maximum Gasteiger partial charge on any atom is 0.194 e. The van der Waals surface area contributed by atoms with Crippen LogP contribution in [0.15, 0.2) is 36.4 Å². The summed E-state index contributed by atoms with van der Waals surface area (Å²) in [5.74, 6) is -3.74. The largest absolute Gasteiger partial charge is 0.384 e. The highest BCUT2D eigenvalue weighted by molar-refractivity contribution is 5.33. The Morgan fingerprint density at radius 3 is 1.86 bits per heavy atom. The molecule has 0 fully saturated rings. The van der Waals surface area contributed by atoms with Gasteiger partial charge in [-0.1, -0.05) is 38.1 Å². The third-order valence-corrected chi connectivity index (χ3v) is 3.76. The molecule has 2 aromatic carbocycles. The summed E-state index contributed by atoms with van der Waals surface area (Å²) in [4.78, 5) is 0. The second-order valence-corrected chi connectivity index (χ2v) is 5.18. The minimum Gasteiger partial charge on any atom is -0.384 e. The predicted molar refractivity (Wildman–Crippen MR) is 75.5 cm³/mol. The van der Waals surface area contributed by atoms with E-state index < -0.39 is 23.6 Å². The molecule has 0 saturated heterocycles. The summed E-state index contributed by atoms with van der Waals surface area (Å²) in [5, 5.41) is 10.2. The summed E-state index contributed by atoms with van der Waals surface area (Å²) in [6.07, 6.45) is -0.198. The number of hydrogen-bond donors (Lipinski definition) is 1. The first-order valence-corrected chi connectivity index (χ1v) is 6.86. The summed E-state index contributed by atoms with van der Waals surface area (Å²) < 4.78 is 39.3. The Labute approximate surface area is 122 Å². The van der Waals surface area contributed by atoms with Gasteiger partial charge in [-0.15, -0.1) is 0 Å². The molecule has 0 aromatic heterocycles. The summed E-state index contributed by atoms with van der Waals surface area (Å²) in [6.45, 7) is 4.17. The van der Waals surface area contributed by atoms with E-state index in [0.717, 1.165) is 24.1 Å². The van der Waals surface area contributed by atoms with Crippen molar-refractivity contribution in [3.05, 3.63) is 70.5 Å². The zero-order valence-corrected chi connectivity index (χ0v) is 11.9. The lowest BCUT2D eigenvalue weighted by Gasteiger charge is -2.14. The van der Waals surface area contributed by atoms with Crippen LogP contribution in [-0.4, -0.2) is 5.11 Å². The molecule has 0 spiro atoms. The van der Waals surface area contributed by atoms with Crippen molar-refractivity contribution in [3.8, 4) is 0 Å². The molecule has 0 amide bonds. The van der Waals surface area contributed by atoms with Crippen molar-refractivity contribution in [1.82, 2.24) is 0 Å². The molecular weight excluding hydrogens is 277 g/mol. The van der Waals surface area contributed by atoms with Crippen molar-refractivity contribution in [1.29, 1.82) is 0 Å². The standard InChI is InChI=1S/C17H17F3O/c1-3-10(2)11-4-6-12(7-5-11)17(21)13-8-14(18)16(20)15(19)9-13/h4-10,17,21H,3H2,1-2H3. The quantitative estimate of drug-likeness (QED) is 0.810. The van der Waals surface area contributed by atoms with E-state index in [-0.39, 0.29) is 5.56 Å². The van der Waals surface area contributed by atoms with Crippen LogP contribution < -0.4 is 0 Å². The van der Waals surface area contributed by atoms with Gasteiger partial charge in [0, 0.05) is 0 Å². The van der Waals surface area contributed by atoms with Gasteiger partial charge in [0.05, 0.1) is 0 Å². The number of aliphatic hydroxyl groups is 1. The number of hydrogen-bond acceptors (Lipinski definition) is 1. The Morgan fingerprint density at radius 2 is 1.38 bits per heavy atom. The van der Waals surface area contributed by atoms with Crippen LogP contribution in [0.1, 0.15) is 49.0 Å². The van der Waals surface area contributed by atoms with Crippen LogP contribution in [-0.2, 0) is 0 Å². The third-order valence-electron chi connectivity index (χ3n) is 3.76. The molecule has 0 aliphatic rings. The molecule has 1 N–H and O–H groups in total. The lowest BCUT2D eigenvalue weighted by molar-refractivity contribution is 0.218. The normalized spacial score (nSPS) is 14.0. The average molecular weight is 294 g/mol. The van der Waals surface area contributed by atoms with Crippen molar-refractivity contribution < 1.29 is 18.3 Å². The number of benzene rings is 2. The van der Waals surface area contributed by atoms with E-state index in [0.29, 0.717) is 11.5 Å². The van der Waals surface area contributed by atoms with Gasteiger partial charge in [0.1, 0.15) is 6.10 Å². The summed E-state index contributed by atoms with van der Waals surface area (Å²) in [5.41, 5.74) is 1.63. The van der Waals surface area contributed by atoms with E-state index in [2.05, 4.69) is 13.8 Å². The minimum atomic E-state index is -1.53. The van der Waals surface area contributed by atoms with Gasteiger partial charge in [-0.2, -0.15) is 0 Å². The fourth-order valence-corrected chi connectivity index (χ4v) is 2.17. The Balaban J connectivity index is 2.29. The molecule has 0 radical (unpaired) electrons. The zero-order valence-electron chi connectivity index (χ0n) is 11.9. The van der Waals surface area contributed by atoms with Crippen LogP contribution in [0.25, 0.3) is 0 Å². The molecule has 2 atom stereocenters. The van der Waals surface area contributed by atoms with E-state index in [9.17, 15) is 18.3 Å². The van der Waals surface area contributed by atoms with Crippen LogP contribution in [0.5, 0.6) is 0 Å². The summed E-state index contributed by atoms with van der Waals surface area (Å²) in [6, 6.07) is 8.81. The number of rotatable bonds is 4. The maximum atomic E-state index is 13.2. The van der Waals surface area contributed by atoms with Gasteiger partial charge in [-0.25, -0.2) is 13.2 Å².